The average Bonchev–Trinajstić information content (AvgIpc) is 1.94. The van der Waals surface area contributed by atoms with Crippen molar-refractivity contribution in [3.05, 3.63) is 0 Å². The molecule has 0 rings (SSSR count). The molecule has 0 aliphatic heterocycles. The summed E-state index contributed by atoms with van der Waals surface area (Å²) in [6.07, 6.45) is 0. The van der Waals surface area contributed by atoms with Crippen LogP contribution in [0, 0.1) is 0 Å². The van der Waals surface area contributed by atoms with Gasteiger partial charge in [-0.25, -0.2) is 0 Å². The second-order valence-corrected chi connectivity index (χ2v) is 1.73. The van der Waals surface area contributed by atoms with E-state index in [9.17, 15) is 0 Å². The molecule has 0 saturated heterocycles. The zero-order valence-electron chi connectivity index (χ0n) is 11.6. The molecule has 0 aromatic rings. The van der Waals surface area contributed by atoms with Gasteiger partial charge in [-0.1, -0.05) is 0 Å². The smallest absolute Gasteiger partial charge is 1.00 e. The molecule has 0 atom stereocenters. The second kappa shape index (κ2) is 32.6. The fourth-order valence-electron chi connectivity index (χ4n) is 0. The van der Waals surface area contributed by atoms with Gasteiger partial charge in [0.1, 0.15) is 0 Å². The van der Waals surface area contributed by atoms with Crippen molar-refractivity contribution in [3.8, 4) is 0 Å². The van der Waals surface area contributed by atoms with Crippen molar-refractivity contribution >= 4 is 36.6 Å². The quantitative estimate of drug-likeness (QED) is 0.183. The molecule has 0 aliphatic carbocycles. The van der Waals surface area contributed by atoms with Gasteiger partial charge in [0.15, 0.2) is 0 Å². The summed E-state index contributed by atoms with van der Waals surface area (Å²) in [7, 11) is -10.8. The summed E-state index contributed by atoms with van der Waals surface area (Å²) in [6.45, 7) is 0. The third kappa shape index (κ3) is 13800. The van der Waals surface area contributed by atoms with Crippen LogP contribution in [0.2, 0.25) is 0 Å². The van der Waals surface area contributed by atoms with Crippen molar-refractivity contribution in [3.63, 3.8) is 0 Å². The number of hydrogen-bond donors (Lipinski definition) is 15. The predicted molar refractivity (Wildman–Crippen MR) is 63.2 cm³/mol. The maximum Gasteiger partial charge on any atom is 1.00 e. The van der Waals surface area contributed by atoms with Gasteiger partial charge in [0.2, 0.25) is 0 Å². The molecule has 122 valence electrons. The fraction of sp³-hybridized carbons (Fsp3) is 0. The Morgan fingerprint density at radius 3 is 0.286 bits per heavy atom. The first kappa shape index (κ1) is 37.7. The van der Waals surface area contributed by atoms with Crippen LogP contribution >= 0.6 is 0 Å². The first-order chi connectivity index (χ1) is 8.66. The molecule has 0 unspecified atom stereocenters. The molecular weight excluding hydrogens is 317 g/mol. The van der Waals surface area contributed by atoms with E-state index in [4.69, 9.17) is 75.4 Å². The van der Waals surface area contributed by atoms with E-state index in [2.05, 4.69) is 0 Å². The third-order valence-electron chi connectivity index (χ3n) is 0. The summed E-state index contributed by atoms with van der Waals surface area (Å²) in [4.78, 5) is 0. The van der Waals surface area contributed by atoms with Crippen molar-refractivity contribution in [2.45, 2.75) is 0 Å². The van der Waals surface area contributed by atoms with Gasteiger partial charge in [-0.2, -0.15) is 0 Å². The van der Waals surface area contributed by atoms with Crippen molar-refractivity contribution in [2.24, 2.45) is 0 Å². The Morgan fingerprint density at radius 2 is 0.286 bits per heavy atom. The van der Waals surface area contributed by atoms with Crippen LogP contribution in [-0.2, 0) is 0 Å². The van der Waals surface area contributed by atoms with E-state index in [1.54, 1.807) is 0 Å². The molecule has 0 spiro atoms. The zero-order valence-corrected chi connectivity index (χ0v) is 12.6. The van der Waals surface area contributed by atoms with Crippen molar-refractivity contribution in [1.82, 2.24) is 0 Å². The maximum absolute atomic E-state index is 7.17. The summed E-state index contributed by atoms with van der Waals surface area (Å²) in [5.74, 6) is 0. The van der Waals surface area contributed by atoms with Gasteiger partial charge in [0.05, 0.1) is 0 Å². The first-order valence-corrected chi connectivity index (χ1v) is 3.87. The molecule has 0 aliphatic rings. The van der Waals surface area contributed by atoms with Crippen molar-refractivity contribution < 1.29 is 106 Å². The predicted octanol–water partition coefficient (Wildman–Crippen LogP) is -13.1. The van der Waals surface area contributed by atoms with E-state index >= 15 is 0 Å². The minimum atomic E-state index is -2.17. The van der Waals surface area contributed by atoms with Gasteiger partial charge in [-0.05, 0) is 0 Å². The monoisotopic (exact) mass is 334 g/mol. The third-order valence-corrected chi connectivity index (χ3v) is 0. The minimum absolute atomic E-state index is 0. The SMILES string of the molecule is OB(O)O.OB(O)O.OB(O)O.OB(O)O.OB(O)O.[H-].[Na+]. The van der Waals surface area contributed by atoms with Crippen molar-refractivity contribution in [1.29, 1.82) is 0 Å². The summed E-state index contributed by atoms with van der Waals surface area (Å²) in [5.41, 5.74) is 0. The Labute approximate surface area is 143 Å². The van der Waals surface area contributed by atoms with Gasteiger partial charge in [0.25, 0.3) is 0 Å². The van der Waals surface area contributed by atoms with Crippen LogP contribution in [-0.4, -0.2) is 112 Å². The maximum atomic E-state index is 7.17. The molecule has 0 radical (unpaired) electrons. The van der Waals surface area contributed by atoms with Crippen LogP contribution in [0.5, 0.6) is 0 Å². The van der Waals surface area contributed by atoms with Crippen LogP contribution in [0.4, 0.5) is 0 Å². The van der Waals surface area contributed by atoms with Crippen LogP contribution in [0.3, 0.4) is 0 Å². The Kier molecular flexibility index (Phi) is 58.6. The molecule has 21 heavy (non-hydrogen) atoms. The Morgan fingerprint density at radius 1 is 0.286 bits per heavy atom. The normalized spacial score (nSPS) is 6.43. The van der Waals surface area contributed by atoms with Crippen LogP contribution in [0.15, 0.2) is 0 Å². The number of hydrogen-bond acceptors (Lipinski definition) is 15. The largest absolute Gasteiger partial charge is 1.00 e. The van der Waals surface area contributed by atoms with Crippen LogP contribution in [0.1, 0.15) is 1.43 Å². The molecule has 15 N–H and O–H groups in total. The van der Waals surface area contributed by atoms with Gasteiger partial charge in [0, 0.05) is 0 Å². The summed E-state index contributed by atoms with van der Waals surface area (Å²) in [6, 6.07) is 0. The Hall–Kier alpha value is 0.725. The molecule has 0 amide bonds. The van der Waals surface area contributed by atoms with Gasteiger partial charge in [-0.3, -0.25) is 0 Å². The van der Waals surface area contributed by atoms with Gasteiger partial charge in [-0.15, -0.1) is 0 Å². The van der Waals surface area contributed by atoms with Gasteiger partial charge >= 0.3 is 66.2 Å². The second-order valence-electron chi connectivity index (χ2n) is 1.73. The van der Waals surface area contributed by atoms with Crippen molar-refractivity contribution in [2.75, 3.05) is 0 Å². The number of rotatable bonds is 0. The molecular formula is H16B5NaO15. The van der Waals surface area contributed by atoms with Crippen LogP contribution < -0.4 is 29.6 Å². The molecule has 0 bridgehead atoms. The zero-order chi connectivity index (χ0) is 17.9. The molecule has 0 heterocycles. The molecule has 0 aromatic carbocycles. The van der Waals surface area contributed by atoms with E-state index in [0.717, 1.165) is 0 Å². The van der Waals surface area contributed by atoms with E-state index in [1.807, 2.05) is 0 Å². The molecule has 0 fully saturated rings. The van der Waals surface area contributed by atoms with Gasteiger partial charge < -0.3 is 76.8 Å². The molecule has 0 aromatic heterocycles. The molecule has 21 heteroatoms. The van der Waals surface area contributed by atoms with E-state index in [-0.39, 0.29) is 31.0 Å². The van der Waals surface area contributed by atoms with E-state index < -0.39 is 36.6 Å². The fourth-order valence-corrected chi connectivity index (χ4v) is 0. The average molecular weight is 333 g/mol. The molecule has 0 saturated carbocycles. The minimum Gasteiger partial charge on any atom is -1.00 e. The molecule has 15 nitrogen and oxygen atoms in total. The topological polar surface area (TPSA) is 303 Å². The standard InChI is InChI=1S/5BH3O3.Na.H/c5*2-1(3)4;;/h5*2-4H;;/q;;;;;+1;-1. The van der Waals surface area contributed by atoms with E-state index in [0.29, 0.717) is 0 Å². The summed E-state index contributed by atoms with van der Waals surface area (Å²) in [5, 5.41) is 108. The summed E-state index contributed by atoms with van der Waals surface area (Å²) >= 11 is 0. The van der Waals surface area contributed by atoms with Crippen LogP contribution in [0.25, 0.3) is 0 Å². The Bertz CT molecular complexity index is 86.5. The van der Waals surface area contributed by atoms with E-state index in [1.165, 1.54) is 0 Å². The Balaban J connectivity index is -0.0000000250. The first-order valence-electron chi connectivity index (χ1n) is 3.87. The summed E-state index contributed by atoms with van der Waals surface area (Å²) < 4.78 is 0.